The molecule has 6 nitrogen and oxygen atoms in total. The number of amides is 3. The van der Waals surface area contributed by atoms with Crippen molar-refractivity contribution < 1.29 is 19.1 Å². The average Bonchev–Trinajstić information content (AvgIpc) is 2.79. The predicted molar refractivity (Wildman–Crippen MR) is 96.5 cm³/mol. The van der Waals surface area contributed by atoms with E-state index in [0.29, 0.717) is 36.2 Å². The lowest BCUT2D eigenvalue weighted by atomic mass is 9.73. The van der Waals surface area contributed by atoms with Crippen molar-refractivity contribution in [2.45, 2.75) is 51.1 Å². The summed E-state index contributed by atoms with van der Waals surface area (Å²) < 4.78 is 11.3. The molecule has 2 atom stereocenters. The van der Waals surface area contributed by atoms with E-state index in [0.717, 1.165) is 31.2 Å². The zero-order chi connectivity index (χ0) is 18.3. The van der Waals surface area contributed by atoms with Gasteiger partial charge in [-0.05, 0) is 36.5 Å². The molecule has 0 bridgehead atoms. The first-order valence-corrected chi connectivity index (χ1v) is 9.61. The second kappa shape index (κ2) is 6.65. The number of carbonyl (C=O) groups is 2. The lowest BCUT2D eigenvalue weighted by molar-refractivity contribution is -0.134. The fourth-order valence-electron chi connectivity index (χ4n) is 4.20. The Kier molecular flexibility index (Phi) is 4.47. The van der Waals surface area contributed by atoms with Crippen LogP contribution in [-0.4, -0.2) is 35.6 Å². The van der Waals surface area contributed by atoms with Gasteiger partial charge in [0.1, 0.15) is 5.54 Å². The molecule has 26 heavy (non-hydrogen) atoms. The topological polar surface area (TPSA) is 67.9 Å². The van der Waals surface area contributed by atoms with Gasteiger partial charge in [0.05, 0.1) is 24.8 Å². The SMILES string of the molecule is C[C@H]1CCCC[C@@]12NC(=O)N(Cc1cc(Cl)c3c(c1)OCCCO3)C2=O. The van der Waals surface area contributed by atoms with Crippen molar-refractivity contribution in [1.82, 2.24) is 10.2 Å². The highest BCUT2D eigenvalue weighted by atomic mass is 35.5. The fourth-order valence-corrected chi connectivity index (χ4v) is 4.48. The smallest absolute Gasteiger partial charge is 0.325 e. The van der Waals surface area contributed by atoms with Gasteiger partial charge >= 0.3 is 6.03 Å². The summed E-state index contributed by atoms with van der Waals surface area (Å²) in [5.41, 5.74) is 0.00741. The predicted octanol–water partition coefficient (Wildman–Crippen LogP) is 3.50. The number of ether oxygens (including phenoxy) is 2. The molecular formula is C19H23ClN2O4. The lowest BCUT2D eigenvalue weighted by Gasteiger charge is -2.36. The molecule has 0 unspecified atom stereocenters. The summed E-state index contributed by atoms with van der Waals surface area (Å²) >= 11 is 6.33. The molecule has 1 aliphatic carbocycles. The molecule has 1 saturated carbocycles. The van der Waals surface area contributed by atoms with E-state index in [1.807, 2.05) is 13.0 Å². The Bertz CT molecular complexity index is 753. The largest absolute Gasteiger partial charge is 0.489 e. The number of fused-ring (bicyclic) bond motifs is 1. The van der Waals surface area contributed by atoms with E-state index < -0.39 is 5.54 Å². The Hall–Kier alpha value is -1.95. The van der Waals surface area contributed by atoms with Gasteiger partial charge < -0.3 is 14.8 Å². The zero-order valence-electron chi connectivity index (χ0n) is 14.8. The molecule has 4 rings (SSSR count). The first-order valence-electron chi connectivity index (χ1n) is 9.23. The van der Waals surface area contributed by atoms with E-state index in [-0.39, 0.29) is 24.4 Å². The van der Waals surface area contributed by atoms with Crippen LogP contribution in [0.25, 0.3) is 0 Å². The summed E-state index contributed by atoms with van der Waals surface area (Å²) in [6, 6.07) is 3.22. The van der Waals surface area contributed by atoms with Crippen LogP contribution in [0.1, 0.15) is 44.6 Å². The van der Waals surface area contributed by atoms with Crippen LogP contribution in [0, 0.1) is 5.92 Å². The maximum atomic E-state index is 13.1. The molecule has 0 aromatic heterocycles. The van der Waals surface area contributed by atoms with Crippen LogP contribution in [0.3, 0.4) is 0 Å². The van der Waals surface area contributed by atoms with Crippen LogP contribution >= 0.6 is 11.6 Å². The number of urea groups is 1. The number of rotatable bonds is 2. The Morgan fingerprint density at radius 1 is 1.23 bits per heavy atom. The van der Waals surface area contributed by atoms with Crippen molar-refractivity contribution in [1.29, 1.82) is 0 Å². The van der Waals surface area contributed by atoms with Crippen molar-refractivity contribution in [2.24, 2.45) is 5.92 Å². The molecule has 2 fully saturated rings. The molecular weight excluding hydrogens is 356 g/mol. The van der Waals surface area contributed by atoms with Crippen LogP contribution in [0.15, 0.2) is 12.1 Å². The molecule has 3 amide bonds. The van der Waals surface area contributed by atoms with Crippen LogP contribution in [-0.2, 0) is 11.3 Å². The Labute approximate surface area is 157 Å². The summed E-state index contributed by atoms with van der Waals surface area (Å²) in [7, 11) is 0. The molecule has 1 aromatic rings. The maximum Gasteiger partial charge on any atom is 0.325 e. The van der Waals surface area contributed by atoms with Crippen molar-refractivity contribution in [2.75, 3.05) is 13.2 Å². The number of nitrogens with one attached hydrogen (secondary N) is 1. The van der Waals surface area contributed by atoms with Gasteiger partial charge in [0.2, 0.25) is 0 Å². The summed E-state index contributed by atoms with van der Waals surface area (Å²) in [5, 5.41) is 3.41. The van der Waals surface area contributed by atoms with Gasteiger partial charge in [-0.15, -0.1) is 0 Å². The quantitative estimate of drug-likeness (QED) is 0.800. The van der Waals surface area contributed by atoms with Gasteiger partial charge in [-0.1, -0.05) is 31.4 Å². The first kappa shape index (κ1) is 17.5. The third-order valence-corrected chi connectivity index (χ3v) is 5.98. The second-order valence-corrected chi connectivity index (χ2v) is 7.80. The second-order valence-electron chi connectivity index (χ2n) is 7.40. The van der Waals surface area contributed by atoms with Crippen molar-refractivity contribution in [3.63, 3.8) is 0 Å². The minimum absolute atomic E-state index is 0.127. The fraction of sp³-hybridized carbons (Fsp3) is 0.579. The van der Waals surface area contributed by atoms with Crippen LogP contribution in [0.2, 0.25) is 5.02 Å². The first-order chi connectivity index (χ1) is 12.5. The van der Waals surface area contributed by atoms with Crippen molar-refractivity contribution >= 4 is 23.5 Å². The molecule has 1 spiro atoms. The minimum atomic E-state index is -0.746. The maximum absolute atomic E-state index is 13.1. The summed E-state index contributed by atoms with van der Waals surface area (Å²) in [6.45, 7) is 3.33. The Balaban J connectivity index is 1.59. The highest BCUT2D eigenvalue weighted by molar-refractivity contribution is 6.32. The summed E-state index contributed by atoms with van der Waals surface area (Å²) in [5.74, 6) is 1.11. The monoisotopic (exact) mass is 378 g/mol. The molecule has 2 heterocycles. The molecule has 7 heteroatoms. The molecule has 1 aromatic carbocycles. The Morgan fingerprint density at radius 3 is 2.85 bits per heavy atom. The highest BCUT2D eigenvalue weighted by Gasteiger charge is 2.54. The highest BCUT2D eigenvalue weighted by Crippen LogP contribution is 2.41. The molecule has 140 valence electrons. The number of halogens is 1. The van der Waals surface area contributed by atoms with E-state index in [9.17, 15) is 9.59 Å². The molecule has 1 saturated heterocycles. The average molecular weight is 379 g/mol. The van der Waals surface area contributed by atoms with E-state index in [2.05, 4.69) is 5.32 Å². The van der Waals surface area contributed by atoms with E-state index in [1.165, 1.54) is 4.90 Å². The summed E-state index contributed by atoms with van der Waals surface area (Å²) in [6.07, 6.45) is 4.50. The Morgan fingerprint density at radius 2 is 2.04 bits per heavy atom. The van der Waals surface area contributed by atoms with Gasteiger partial charge in [0.25, 0.3) is 5.91 Å². The number of hydrogen-bond acceptors (Lipinski definition) is 4. The van der Waals surface area contributed by atoms with Gasteiger partial charge in [-0.2, -0.15) is 0 Å². The van der Waals surface area contributed by atoms with Gasteiger partial charge in [0.15, 0.2) is 11.5 Å². The number of nitrogens with zero attached hydrogens (tertiary/aromatic N) is 1. The van der Waals surface area contributed by atoms with Crippen LogP contribution in [0.4, 0.5) is 4.79 Å². The lowest BCUT2D eigenvalue weighted by Crippen LogP contribution is -2.53. The van der Waals surface area contributed by atoms with Gasteiger partial charge in [0, 0.05) is 6.42 Å². The van der Waals surface area contributed by atoms with Crippen LogP contribution < -0.4 is 14.8 Å². The summed E-state index contributed by atoms with van der Waals surface area (Å²) in [4.78, 5) is 26.9. The number of hydrogen-bond donors (Lipinski definition) is 1. The zero-order valence-corrected chi connectivity index (χ0v) is 15.6. The minimum Gasteiger partial charge on any atom is -0.489 e. The van der Waals surface area contributed by atoms with E-state index >= 15 is 0 Å². The van der Waals surface area contributed by atoms with E-state index in [4.69, 9.17) is 21.1 Å². The number of carbonyl (C=O) groups excluding carboxylic acids is 2. The molecule has 0 radical (unpaired) electrons. The van der Waals surface area contributed by atoms with Crippen LogP contribution in [0.5, 0.6) is 11.5 Å². The van der Waals surface area contributed by atoms with Crippen molar-refractivity contribution in [3.05, 3.63) is 22.7 Å². The van der Waals surface area contributed by atoms with Crippen molar-refractivity contribution in [3.8, 4) is 11.5 Å². The van der Waals surface area contributed by atoms with Gasteiger partial charge in [-0.25, -0.2) is 4.79 Å². The molecule has 2 aliphatic heterocycles. The normalized spacial score (nSPS) is 28.2. The van der Waals surface area contributed by atoms with E-state index in [1.54, 1.807) is 6.07 Å². The molecule has 1 N–H and O–H groups in total. The third kappa shape index (κ3) is 2.80. The number of imide groups is 1. The molecule has 3 aliphatic rings. The third-order valence-electron chi connectivity index (χ3n) is 5.70. The standard InChI is InChI=1S/C19H23ClN2O4/c1-12-5-2-3-6-19(12)17(23)22(18(24)21-19)11-13-9-14(20)16-15(10-13)25-7-4-8-26-16/h9-10,12H,2-8,11H2,1H3,(H,21,24)/t12-,19+/m0/s1. The van der Waals surface area contributed by atoms with Gasteiger partial charge in [-0.3, -0.25) is 9.69 Å². The number of benzene rings is 1.